The molecule has 1 aromatic carbocycles. The van der Waals surface area contributed by atoms with Crippen LogP contribution in [-0.4, -0.2) is 29.8 Å². The van der Waals surface area contributed by atoms with Crippen LogP contribution < -0.4 is 0 Å². The number of benzene rings is 1. The third-order valence-corrected chi connectivity index (χ3v) is 1.94. The van der Waals surface area contributed by atoms with Crippen molar-refractivity contribution in [1.29, 1.82) is 0 Å². The molecule has 0 heterocycles. The Labute approximate surface area is 102 Å². The zero-order valence-electron chi connectivity index (χ0n) is 9.29. The number of esters is 2. The number of hydrogen-bond donors (Lipinski definition) is 1. The van der Waals surface area contributed by atoms with Gasteiger partial charge < -0.3 is 14.6 Å². The van der Waals surface area contributed by atoms with Crippen molar-refractivity contribution >= 4 is 17.9 Å². The Hall–Kier alpha value is -2.63. The van der Waals surface area contributed by atoms with Gasteiger partial charge in [-0.2, -0.15) is 0 Å². The quantitative estimate of drug-likeness (QED) is 0.480. The smallest absolute Gasteiger partial charge is 0.341 e. The van der Waals surface area contributed by atoms with Gasteiger partial charge in [-0.15, -0.1) is 0 Å². The molecule has 1 rings (SSSR count). The van der Waals surface area contributed by atoms with E-state index in [1.54, 1.807) is 0 Å². The molecule has 0 aliphatic carbocycles. The predicted octanol–water partition coefficient (Wildman–Crippen LogP) is 1.23. The molecule has 0 saturated carbocycles. The molecular weight excluding hydrogens is 240 g/mol. The van der Waals surface area contributed by atoms with Crippen LogP contribution in [0.25, 0.3) is 0 Å². The molecule has 1 N–H and O–H groups in total. The summed E-state index contributed by atoms with van der Waals surface area (Å²) in [7, 11) is 0. The molecule has 0 aliphatic heterocycles. The van der Waals surface area contributed by atoms with E-state index in [4.69, 9.17) is 5.11 Å². The van der Waals surface area contributed by atoms with Crippen LogP contribution in [0, 0.1) is 0 Å². The molecule has 6 nitrogen and oxygen atoms in total. The molecule has 0 fully saturated rings. The average Bonchev–Trinajstić information content (AvgIpc) is 2.38. The first kappa shape index (κ1) is 13.4. The summed E-state index contributed by atoms with van der Waals surface area (Å²) in [4.78, 5) is 33.1. The standard InChI is InChI=1S/C12H10O6/c1-2-10(13)17-7-18-12(16)9-6-4-3-5-8(9)11(14)15/h2-6H,1,7H2,(H,14,15). The second kappa shape index (κ2) is 6.19. The average molecular weight is 250 g/mol. The minimum Gasteiger partial charge on any atom is -0.478 e. The molecule has 94 valence electrons. The molecule has 0 aliphatic rings. The molecule has 0 aromatic heterocycles. The Bertz CT molecular complexity index is 491. The molecule has 0 unspecified atom stereocenters. The second-order valence-corrected chi connectivity index (χ2v) is 3.07. The van der Waals surface area contributed by atoms with Crippen molar-refractivity contribution < 1.29 is 29.0 Å². The van der Waals surface area contributed by atoms with E-state index in [0.29, 0.717) is 0 Å². The van der Waals surface area contributed by atoms with Crippen molar-refractivity contribution in [2.75, 3.05) is 6.79 Å². The highest BCUT2D eigenvalue weighted by Gasteiger charge is 2.17. The van der Waals surface area contributed by atoms with Crippen LogP contribution >= 0.6 is 0 Å². The van der Waals surface area contributed by atoms with Gasteiger partial charge in [-0.25, -0.2) is 14.4 Å². The lowest BCUT2D eigenvalue weighted by Crippen LogP contribution is -2.14. The van der Waals surface area contributed by atoms with E-state index < -0.39 is 24.7 Å². The van der Waals surface area contributed by atoms with Gasteiger partial charge in [0.05, 0.1) is 11.1 Å². The maximum Gasteiger partial charge on any atom is 0.341 e. The van der Waals surface area contributed by atoms with Crippen LogP contribution in [0.15, 0.2) is 36.9 Å². The third kappa shape index (κ3) is 3.44. The van der Waals surface area contributed by atoms with E-state index in [0.717, 1.165) is 6.08 Å². The number of hydrogen-bond acceptors (Lipinski definition) is 5. The summed E-state index contributed by atoms with van der Waals surface area (Å²) >= 11 is 0. The Morgan fingerprint density at radius 2 is 1.78 bits per heavy atom. The molecule has 0 spiro atoms. The summed E-state index contributed by atoms with van der Waals surface area (Å²) in [6.07, 6.45) is 0.916. The minimum absolute atomic E-state index is 0.111. The largest absolute Gasteiger partial charge is 0.478 e. The summed E-state index contributed by atoms with van der Waals surface area (Å²) in [6, 6.07) is 5.56. The van der Waals surface area contributed by atoms with E-state index in [9.17, 15) is 14.4 Å². The first-order chi connectivity index (χ1) is 8.56. The van der Waals surface area contributed by atoms with Gasteiger partial charge in [0.15, 0.2) is 0 Å². The highest BCUT2D eigenvalue weighted by Crippen LogP contribution is 2.10. The number of carbonyl (C=O) groups excluding carboxylic acids is 2. The van der Waals surface area contributed by atoms with Gasteiger partial charge >= 0.3 is 17.9 Å². The lowest BCUT2D eigenvalue weighted by atomic mass is 10.1. The van der Waals surface area contributed by atoms with Crippen LogP contribution in [0.5, 0.6) is 0 Å². The Morgan fingerprint density at radius 1 is 1.17 bits per heavy atom. The number of carbonyl (C=O) groups is 3. The van der Waals surface area contributed by atoms with Gasteiger partial charge in [0.25, 0.3) is 0 Å². The maximum absolute atomic E-state index is 11.5. The van der Waals surface area contributed by atoms with E-state index in [2.05, 4.69) is 16.1 Å². The van der Waals surface area contributed by atoms with Crippen molar-refractivity contribution in [1.82, 2.24) is 0 Å². The zero-order chi connectivity index (χ0) is 13.5. The zero-order valence-corrected chi connectivity index (χ0v) is 9.29. The lowest BCUT2D eigenvalue weighted by molar-refractivity contribution is -0.146. The number of rotatable bonds is 5. The Balaban J connectivity index is 2.70. The fourth-order valence-electron chi connectivity index (χ4n) is 1.13. The Morgan fingerprint density at radius 3 is 2.33 bits per heavy atom. The molecule has 6 heteroatoms. The maximum atomic E-state index is 11.5. The van der Waals surface area contributed by atoms with E-state index in [1.165, 1.54) is 24.3 Å². The van der Waals surface area contributed by atoms with Crippen LogP contribution in [0.1, 0.15) is 20.7 Å². The summed E-state index contributed by atoms with van der Waals surface area (Å²) in [6.45, 7) is 2.56. The van der Waals surface area contributed by atoms with E-state index in [-0.39, 0.29) is 11.1 Å². The minimum atomic E-state index is -1.24. The highest BCUT2D eigenvalue weighted by molar-refractivity contribution is 6.02. The number of carboxylic acids is 1. The number of carboxylic acid groups (broad SMARTS) is 1. The van der Waals surface area contributed by atoms with Gasteiger partial charge in [-0.3, -0.25) is 0 Å². The van der Waals surface area contributed by atoms with Crippen molar-refractivity contribution in [3.63, 3.8) is 0 Å². The van der Waals surface area contributed by atoms with Crippen molar-refractivity contribution in [2.24, 2.45) is 0 Å². The molecule has 18 heavy (non-hydrogen) atoms. The third-order valence-electron chi connectivity index (χ3n) is 1.94. The SMILES string of the molecule is C=CC(=O)OCOC(=O)c1ccccc1C(=O)O. The second-order valence-electron chi connectivity index (χ2n) is 3.07. The van der Waals surface area contributed by atoms with Crippen LogP contribution in [0.2, 0.25) is 0 Å². The van der Waals surface area contributed by atoms with Crippen molar-refractivity contribution in [2.45, 2.75) is 0 Å². The van der Waals surface area contributed by atoms with E-state index >= 15 is 0 Å². The van der Waals surface area contributed by atoms with Crippen molar-refractivity contribution in [3.8, 4) is 0 Å². The lowest BCUT2D eigenvalue weighted by Gasteiger charge is -2.06. The molecule has 0 radical (unpaired) electrons. The predicted molar refractivity (Wildman–Crippen MR) is 60.0 cm³/mol. The molecule has 0 amide bonds. The van der Waals surface area contributed by atoms with Gasteiger partial charge in [0.1, 0.15) is 0 Å². The summed E-state index contributed by atoms with van der Waals surface area (Å²) in [5, 5.41) is 8.86. The number of ether oxygens (including phenoxy) is 2. The first-order valence-electron chi connectivity index (χ1n) is 4.85. The van der Waals surface area contributed by atoms with Gasteiger partial charge in [-0.1, -0.05) is 18.7 Å². The molecule has 1 aromatic rings. The van der Waals surface area contributed by atoms with E-state index in [1.807, 2.05) is 0 Å². The summed E-state index contributed by atoms with van der Waals surface area (Å²) < 4.78 is 9.03. The van der Waals surface area contributed by atoms with Gasteiger partial charge in [-0.05, 0) is 12.1 Å². The van der Waals surface area contributed by atoms with Crippen LogP contribution in [0.3, 0.4) is 0 Å². The Kier molecular flexibility index (Phi) is 4.62. The van der Waals surface area contributed by atoms with Crippen molar-refractivity contribution in [3.05, 3.63) is 48.0 Å². The van der Waals surface area contributed by atoms with Gasteiger partial charge in [0, 0.05) is 6.08 Å². The molecule has 0 saturated heterocycles. The van der Waals surface area contributed by atoms with Gasteiger partial charge in [0.2, 0.25) is 6.79 Å². The fourth-order valence-corrected chi connectivity index (χ4v) is 1.13. The molecular formula is C12H10O6. The summed E-state index contributed by atoms with van der Waals surface area (Å²) in [5.41, 5.74) is -0.294. The summed E-state index contributed by atoms with van der Waals surface area (Å²) in [5.74, 6) is -2.87. The number of aromatic carboxylic acids is 1. The molecule has 0 bridgehead atoms. The van der Waals surface area contributed by atoms with Crippen LogP contribution in [-0.2, 0) is 14.3 Å². The monoisotopic (exact) mass is 250 g/mol. The topological polar surface area (TPSA) is 89.9 Å². The highest BCUT2D eigenvalue weighted by atomic mass is 16.7. The molecule has 0 atom stereocenters. The normalized spacial score (nSPS) is 9.33. The fraction of sp³-hybridized carbons (Fsp3) is 0.0833. The first-order valence-corrected chi connectivity index (χ1v) is 4.85. The van der Waals surface area contributed by atoms with Crippen LogP contribution in [0.4, 0.5) is 0 Å².